The van der Waals surface area contributed by atoms with E-state index in [2.05, 4.69) is 77.7 Å². The fourth-order valence-electron chi connectivity index (χ4n) is 9.34. The first kappa shape index (κ1) is 57.1. The molecule has 1 fully saturated rings. The van der Waals surface area contributed by atoms with E-state index in [4.69, 9.17) is 0 Å². The monoisotopic (exact) mass is 917 g/mol. The number of nitrogens with one attached hydrogen (secondary N) is 2. The molecule has 376 valence electrons. The number of amides is 2. The zero-order chi connectivity index (χ0) is 46.8. The van der Waals surface area contributed by atoms with Crippen molar-refractivity contribution in [3.05, 3.63) is 60.7 Å². The van der Waals surface area contributed by atoms with Gasteiger partial charge in [0.1, 0.15) is 0 Å². The van der Waals surface area contributed by atoms with Gasteiger partial charge in [-0.05, 0) is 90.1 Å². The van der Waals surface area contributed by atoms with Crippen molar-refractivity contribution in [1.29, 1.82) is 0 Å². The molecule has 0 aromatic carbocycles. The van der Waals surface area contributed by atoms with Crippen LogP contribution in [0.5, 0.6) is 0 Å². The molecular formula is C56H100N8O2. The molecule has 2 aromatic heterocycles. The van der Waals surface area contributed by atoms with Crippen LogP contribution in [0.1, 0.15) is 218 Å². The first-order valence-corrected chi connectivity index (χ1v) is 27.8. The van der Waals surface area contributed by atoms with Gasteiger partial charge >= 0.3 is 0 Å². The summed E-state index contributed by atoms with van der Waals surface area (Å²) in [7, 11) is 0. The number of allylic oxidation sites excluding steroid dienone is 4. The van der Waals surface area contributed by atoms with Gasteiger partial charge in [-0.2, -0.15) is 0 Å². The molecule has 3 rings (SSSR count). The van der Waals surface area contributed by atoms with E-state index in [0.29, 0.717) is 12.8 Å². The lowest BCUT2D eigenvalue weighted by Crippen LogP contribution is -2.47. The maximum Gasteiger partial charge on any atom is 0.228 e. The van der Waals surface area contributed by atoms with Gasteiger partial charge in [0, 0.05) is 76.1 Å². The molecule has 1 saturated heterocycles. The Bertz CT molecular complexity index is 1330. The van der Waals surface area contributed by atoms with Crippen molar-refractivity contribution in [3.63, 3.8) is 0 Å². The largest absolute Gasteiger partial charge is 0.348 e. The third-order valence-corrected chi connectivity index (χ3v) is 13.6. The Labute approximate surface area is 405 Å². The summed E-state index contributed by atoms with van der Waals surface area (Å²) in [5.41, 5.74) is 1.79. The number of nitrogens with zero attached hydrogens (tertiary/aromatic N) is 6. The Morgan fingerprint density at radius 2 is 0.758 bits per heavy atom. The molecule has 0 unspecified atom stereocenters. The first-order valence-electron chi connectivity index (χ1n) is 27.8. The average Bonchev–Trinajstić information content (AvgIpc) is 4.05. The van der Waals surface area contributed by atoms with Crippen molar-refractivity contribution in [2.75, 3.05) is 65.4 Å². The minimum absolute atomic E-state index is 0.210. The van der Waals surface area contributed by atoms with E-state index in [9.17, 15) is 9.59 Å². The van der Waals surface area contributed by atoms with Gasteiger partial charge in [0.15, 0.2) is 0 Å². The van der Waals surface area contributed by atoms with Crippen molar-refractivity contribution in [1.82, 2.24) is 39.5 Å². The smallest absolute Gasteiger partial charge is 0.228 e. The van der Waals surface area contributed by atoms with Crippen molar-refractivity contribution < 1.29 is 9.59 Å². The number of hydrogen-bond acceptors (Lipinski definition) is 6. The topological polar surface area (TPSA) is 104 Å². The molecule has 0 aliphatic carbocycles. The highest BCUT2D eigenvalue weighted by Crippen LogP contribution is 2.14. The molecule has 10 heteroatoms. The number of H-pyrrole nitrogens is 2. The molecule has 0 saturated carbocycles. The highest BCUT2D eigenvalue weighted by Gasteiger charge is 2.20. The zero-order valence-electron chi connectivity index (χ0n) is 42.8. The Hall–Kier alpha value is -3.24. The summed E-state index contributed by atoms with van der Waals surface area (Å²) < 4.78 is 0. The first-order chi connectivity index (χ1) is 32.6. The summed E-state index contributed by atoms with van der Waals surface area (Å²) in [6.45, 7) is 14.2. The second kappa shape index (κ2) is 40.8. The van der Waals surface area contributed by atoms with Crippen LogP contribution in [0.2, 0.25) is 0 Å². The summed E-state index contributed by atoms with van der Waals surface area (Å²) in [5.74, 6) is 0.420. The van der Waals surface area contributed by atoms with Gasteiger partial charge in [0.05, 0.1) is 25.5 Å². The predicted octanol–water partition coefficient (Wildman–Crippen LogP) is 13.0. The lowest BCUT2D eigenvalue weighted by molar-refractivity contribution is -0.131. The van der Waals surface area contributed by atoms with Gasteiger partial charge in [-0.1, -0.05) is 154 Å². The molecule has 0 bridgehead atoms. The van der Waals surface area contributed by atoms with Crippen LogP contribution in [0.3, 0.4) is 0 Å². The van der Waals surface area contributed by atoms with Crippen LogP contribution in [0.25, 0.3) is 0 Å². The van der Waals surface area contributed by atoms with E-state index < -0.39 is 0 Å². The number of rotatable bonds is 44. The SMILES string of the molecule is CCCCCCCC/C=C\CCCCCCCCN(CCCN1CCN(CCCN(CCCCCCCC/C=C\CCCCCCCC)C(=O)Cc2cnc[nH]2)CC1)C(=O)Cc1cnc[nH]1. The van der Waals surface area contributed by atoms with Crippen LogP contribution in [-0.2, 0) is 22.4 Å². The molecule has 0 radical (unpaired) electrons. The minimum atomic E-state index is 0.210. The Morgan fingerprint density at radius 3 is 1.08 bits per heavy atom. The number of imidazole rings is 2. The molecule has 0 spiro atoms. The lowest BCUT2D eigenvalue weighted by Gasteiger charge is -2.35. The van der Waals surface area contributed by atoms with Gasteiger partial charge in [-0.25, -0.2) is 9.97 Å². The van der Waals surface area contributed by atoms with Crippen molar-refractivity contribution >= 4 is 11.8 Å². The summed E-state index contributed by atoms with van der Waals surface area (Å²) in [5, 5.41) is 0. The second-order valence-corrected chi connectivity index (χ2v) is 19.5. The number of aromatic amines is 2. The fourth-order valence-corrected chi connectivity index (χ4v) is 9.34. The molecule has 2 N–H and O–H groups in total. The highest BCUT2D eigenvalue weighted by molar-refractivity contribution is 5.78. The molecule has 1 aliphatic rings. The van der Waals surface area contributed by atoms with Gasteiger partial charge in [0.25, 0.3) is 0 Å². The molecule has 2 aromatic rings. The van der Waals surface area contributed by atoms with Crippen LogP contribution in [-0.4, -0.2) is 117 Å². The third-order valence-electron chi connectivity index (χ3n) is 13.6. The Kier molecular flexibility index (Phi) is 35.3. The van der Waals surface area contributed by atoms with Crippen molar-refractivity contribution in [2.45, 2.75) is 219 Å². The lowest BCUT2D eigenvalue weighted by atomic mass is 10.1. The molecule has 66 heavy (non-hydrogen) atoms. The molecule has 0 atom stereocenters. The van der Waals surface area contributed by atoms with E-state index in [-0.39, 0.29) is 11.8 Å². The summed E-state index contributed by atoms with van der Waals surface area (Å²) in [6.07, 6.45) is 55.5. The molecule has 2 amide bonds. The number of piperazine rings is 1. The summed E-state index contributed by atoms with van der Waals surface area (Å²) >= 11 is 0. The number of hydrogen-bond donors (Lipinski definition) is 2. The van der Waals surface area contributed by atoms with E-state index >= 15 is 0 Å². The van der Waals surface area contributed by atoms with Gasteiger partial charge < -0.3 is 29.6 Å². The number of carbonyl (C=O) groups excluding carboxylic acids is 2. The molecule has 1 aliphatic heterocycles. The van der Waals surface area contributed by atoms with Crippen LogP contribution in [0.4, 0.5) is 0 Å². The maximum atomic E-state index is 13.4. The van der Waals surface area contributed by atoms with Crippen LogP contribution < -0.4 is 0 Å². The third kappa shape index (κ3) is 30.2. The van der Waals surface area contributed by atoms with Gasteiger partial charge in [0.2, 0.25) is 11.8 Å². The van der Waals surface area contributed by atoms with Crippen LogP contribution in [0, 0.1) is 0 Å². The second-order valence-electron chi connectivity index (χ2n) is 19.5. The summed E-state index contributed by atoms with van der Waals surface area (Å²) in [6, 6.07) is 0. The van der Waals surface area contributed by atoms with E-state index in [1.165, 1.54) is 167 Å². The minimum Gasteiger partial charge on any atom is -0.348 e. The predicted molar refractivity (Wildman–Crippen MR) is 279 cm³/mol. The highest BCUT2D eigenvalue weighted by atomic mass is 16.2. The maximum absolute atomic E-state index is 13.4. The van der Waals surface area contributed by atoms with E-state index in [0.717, 1.165) is 103 Å². The number of unbranched alkanes of at least 4 members (excludes halogenated alkanes) is 24. The Morgan fingerprint density at radius 1 is 0.455 bits per heavy atom. The molecule has 10 nitrogen and oxygen atoms in total. The van der Waals surface area contributed by atoms with Gasteiger partial charge in [-0.3, -0.25) is 9.59 Å². The number of aromatic nitrogens is 4. The van der Waals surface area contributed by atoms with Crippen LogP contribution in [0.15, 0.2) is 49.4 Å². The average molecular weight is 917 g/mol. The normalized spacial score (nSPS) is 13.7. The van der Waals surface area contributed by atoms with Crippen molar-refractivity contribution in [2.24, 2.45) is 0 Å². The fraction of sp³-hybridized carbons (Fsp3) is 0.786. The Balaban J connectivity index is 1.26. The standard InChI is InChI=1S/C56H100N8O2/c1-3-5-7-9-11-13-15-17-19-21-23-25-27-29-31-33-39-63(55(65)47-53-49-57-51-59-53)41-35-37-61-43-45-62(46-44-61)38-36-42-64(56(66)48-54-50-58-52-60-54)40-34-32-30-28-26-24-22-20-18-16-14-12-10-8-6-4-2/h17-20,49-52H,3-16,21-48H2,1-2H3,(H,57,59)(H,58,60)/b19-17-,20-18-. The van der Waals surface area contributed by atoms with Gasteiger partial charge in [-0.15, -0.1) is 0 Å². The molecular weight excluding hydrogens is 817 g/mol. The van der Waals surface area contributed by atoms with E-state index in [1.807, 2.05) is 0 Å². The summed E-state index contributed by atoms with van der Waals surface area (Å²) in [4.78, 5) is 50.7. The number of carbonyl (C=O) groups is 2. The van der Waals surface area contributed by atoms with Crippen molar-refractivity contribution in [3.8, 4) is 0 Å². The quantitative estimate of drug-likeness (QED) is 0.0507. The zero-order valence-corrected chi connectivity index (χ0v) is 42.8. The van der Waals surface area contributed by atoms with Crippen LogP contribution >= 0.6 is 0 Å². The molecule has 3 heterocycles. The van der Waals surface area contributed by atoms with E-state index in [1.54, 1.807) is 25.0 Å².